The van der Waals surface area contributed by atoms with Crippen molar-refractivity contribution in [3.8, 4) is 68.0 Å². The molecule has 0 aliphatic heterocycles. The molecule has 0 aliphatic rings. The van der Waals surface area contributed by atoms with Gasteiger partial charge in [-0.3, -0.25) is 0 Å². The van der Waals surface area contributed by atoms with E-state index in [4.69, 9.17) is 0 Å². The second-order valence-corrected chi connectivity index (χ2v) is 16.8. The lowest BCUT2D eigenvalue weighted by Gasteiger charge is -2.20. The molecule has 0 fully saturated rings. The van der Waals surface area contributed by atoms with Crippen LogP contribution in [0.5, 0.6) is 0 Å². The van der Waals surface area contributed by atoms with Crippen molar-refractivity contribution < 1.29 is 13.2 Å². The molecule has 0 radical (unpaired) electrons. The third-order valence-corrected chi connectivity index (χ3v) is 12.8. The van der Waals surface area contributed by atoms with Crippen molar-refractivity contribution in [2.75, 3.05) is 0 Å². The van der Waals surface area contributed by atoms with Crippen molar-refractivity contribution in [1.82, 2.24) is 9.13 Å². The van der Waals surface area contributed by atoms with E-state index in [0.717, 1.165) is 100 Å². The summed E-state index contributed by atoms with van der Waals surface area (Å²) in [5.41, 5.74) is 14.1. The molecule has 0 amide bonds. The summed E-state index contributed by atoms with van der Waals surface area (Å²) in [5, 5.41) is 24.9. The number of nitrogens with zero attached hydrogens (tertiary/aromatic N) is 4. The number of nitriles is 2. The van der Waals surface area contributed by atoms with Gasteiger partial charge in [0.05, 0.1) is 62.3 Å². The van der Waals surface area contributed by atoms with Crippen molar-refractivity contribution in [1.29, 1.82) is 10.5 Å². The quantitative estimate of drug-likeness (QED) is 0.167. The second-order valence-electron chi connectivity index (χ2n) is 16.8. The Morgan fingerprint density at radius 1 is 0.394 bits per heavy atom. The average molecular weight is 859 g/mol. The fourth-order valence-electron chi connectivity index (χ4n) is 9.51. The summed E-state index contributed by atoms with van der Waals surface area (Å²) in [6, 6.07) is 65.7. The number of aromatic nitrogens is 2. The van der Waals surface area contributed by atoms with Gasteiger partial charge in [0.2, 0.25) is 0 Å². The van der Waals surface area contributed by atoms with Crippen molar-refractivity contribution in [3.63, 3.8) is 0 Å². The van der Waals surface area contributed by atoms with E-state index >= 15 is 0 Å². The van der Waals surface area contributed by atoms with Crippen LogP contribution in [-0.4, -0.2) is 9.13 Å². The molecule has 2 aromatic heterocycles. The molecule has 4 nitrogen and oxygen atoms in total. The van der Waals surface area contributed by atoms with Gasteiger partial charge in [-0.15, -0.1) is 0 Å². The molecule has 0 aliphatic carbocycles. The predicted molar refractivity (Wildman–Crippen MR) is 261 cm³/mol. The van der Waals surface area contributed by atoms with Crippen LogP contribution < -0.4 is 0 Å². The van der Waals surface area contributed by atoms with E-state index in [9.17, 15) is 23.7 Å². The molecule has 11 rings (SSSR count). The highest BCUT2D eigenvalue weighted by molar-refractivity contribution is 6.13. The third-order valence-electron chi connectivity index (χ3n) is 12.8. The molecule has 314 valence electrons. The highest BCUT2D eigenvalue weighted by atomic mass is 19.4. The zero-order valence-corrected chi connectivity index (χ0v) is 35.8. The molecule has 9 aromatic carbocycles. The molecule has 66 heavy (non-hydrogen) atoms. The maximum Gasteiger partial charge on any atom is 0.416 e. The molecule has 0 N–H and O–H groups in total. The fraction of sp³-hybridized carbons (Fsp3) is 0.0508. The maximum atomic E-state index is 14.0. The molecule has 0 atom stereocenters. The smallest absolute Gasteiger partial charge is 0.309 e. The second kappa shape index (κ2) is 15.6. The third kappa shape index (κ3) is 6.69. The zero-order chi connectivity index (χ0) is 45.3. The Hall–Kier alpha value is -8.65. The van der Waals surface area contributed by atoms with Crippen LogP contribution >= 0.6 is 0 Å². The fourth-order valence-corrected chi connectivity index (χ4v) is 9.51. The number of hydrogen-bond donors (Lipinski definition) is 0. The first-order valence-corrected chi connectivity index (χ1v) is 21.6. The standard InChI is InChI=1S/C59H37F3N4/c1-36-11-16-39(17-12-36)41-20-26-55-50(31-41)47-7-3-5-9-53(47)65(55)56-28-22-43(46-25-23-45(59(60,61)62)30-44(46)35-64)33-52(56)49-24-15-38(34-63)29-58(49)66-54-10-6-4-8-48(54)51-32-42(21-27-57(51)66)40-18-13-37(2)14-19-40/h3-33H,1-2H3. The van der Waals surface area contributed by atoms with Crippen molar-refractivity contribution >= 4 is 43.6 Å². The molecule has 0 saturated heterocycles. The van der Waals surface area contributed by atoms with Crippen LogP contribution in [0.3, 0.4) is 0 Å². The Labute approximate surface area is 378 Å². The van der Waals surface area contributed by atoms with Crippen LogP contribution in [0.15, 0.2) is 188 Å². The van der Waals surface area contributed by atoms with E-state index in [1.54, 1.807) is 6.07 Å². The highest BCUT2D eigenvalue weighted by Crippen LogP contribution is 2.44. The number of rotatable bonds is 6. The Morgan fingerprint density at radius 3 is 1.44 bits per heavy atom. The average Bonchev–Trinajstić information content (AvgIpc) is 3.85. The summed E-state index contributed by atoms with van der Waals surface area (Å²) in [7, 11) is 0. The van der Waals surface area contributed by atoms with Gasteiger partial charge >= 0.3 is 6.18 Å². The van der Waals surface area contributed by atoms with Gasteiger partial charge in [0.25, 0.3) is 0 Å². The summed E-state index contributed by atoms with van der Waals surface area (Å²) in [6.07, 6.45) is -4.62. The van der Waals surface area contributed by atoms with Crippen molar-refractivity contribution in [3.05, 3.63) is 216 Å². The van der Waals surface area contributed by atoms with Gasteiger partial charge in [-0.25, -0.2) is 0 Å². The lowest BCUT2D eigenvalue weighted by Crippen LogP contribution is -2.05. The first-order valence-electron chi connectivity index (χ1n) is 21.6. The Kier molecular flexibility index (Phi) is 9.46. The Balaban J connectivity index is 1.21. The lowest BCUT2D eigenvalue weighted by molar-refractivity contribution is -0.137. The van der Waals surface area contributed by atoms with Crippen LogP contribution in [0.1, 0.15) is 27.8 Å². The summed E-state index contributed by atoms with van der Waals surface area (Å²) >= 11 is 0. The van der Waals surface area contributed by atoms with E-state index in [2.05, 4.69) is 138 Å². The van der Waals surface area contributed by atoms with Crippen LogP contribution in [0.4, 0.5) is 13.2 Å². The molecule has 0 spiro atoms. The number of alkyl halides is 3. The highest BCUT2D eigenvalue weighted by Gasteiger charge is 2.31. The normalized spacial score (nSPS) is 11.7. The number of halogens is 3. The van der Waals surface area contributed by atoms with Gasteiger partial charge in [-0.2, -0.15) is 23.7 Å². The van der Waals surface area contributed by atoms with Gasteiger partial charge in [-0.1, -0.05) is 126 Å². The monoisotopic (exact) mass is 858 g/mol. The van der Waals surface area contributed by atoms with Gasteiger partial charge < -0.3 is 9.13 Å². The SMILES string of the molecule is Cc1ccc(-c2ccc3c(c2)c2ccccc2n3-c2ccc(-c3ccc(C(F)(F)F)cc3C#N)cc2-c2ccc(C#N)cc2-n2c3ccccc3c3cc(-c4ccc(C)cc4)ccc32)cc1. The maximum absolute atomic E-state index is 14.0. The minimum atomic E-state index is -4.62. The van der Waals surface area contributed by atoms with Gasteiger partial charge in [0.15, 0.2) is 0 Å². The Morgan fingerprint density at radius 2 is 0.894 bits per heavy atom. The van der Waals surface area contributed by atoms with Crippen LogP contribution in [0, 0.1) is 36.5 Å². The summed E-state index contributed by atoms with van der Waals surface area (Å²) < 4.78 is 46.4. The molecule has 0 bridgehead atoms. The largest absolute Gasteiger partial charge is 0.416 e. The van der Waals surface area contributed by atoms with E-state index in [0.29, 0.717) is 16.7 Å². The predicted octanol–water partition coefficient (Wildman–Crippen LogP) is 15.9. The van der Waals surface area contributed by atoms with E-state index in [-0.39, 0.29) is 5.56 Å². The van der Waals surface area contributed by atoms with Gasteiger partial charge in [0, 0.05) is 32.7 Å². The van der Waals surface area contributed by atoms with Crippen LogP contribution in [0.2, 0.25) is 0 Å². The van der Waals surface area contributed by atoms with Gasteiger partial charge in [0.1, 0.15) is 0 Å². The molecule has 0 unspecified atom stereocenters. The molecule has 11 aromatic rings. The van der Waals surface area contributed by atoms with Crippen molar-refractivity contribution in [2.45, 2.75) is 20.0 Å². The summed E-state index contributed by atoms with van der Waals surface area (Å²) in [6.45, 7) is 4.15. The molecular weight excluding hydrogens is 822 g/mol. The number of aryl methyl sites for hydroxylation is 2. The minimum absolute atomic E-state index is 0.0872. The Bertz CT molecular complexity index is 3840. The first kappa shape index (κ1) is 40.1. The van der Waals surface area contributed by atoms with E-state index in [1.165, 1.54) is 17.2 Å². The van der Waals surface area contributed by atoms with Crippen molar-refractivity contribution in [2.24, 2.45) is 0 Å². The topological polar surface area (TPSA) is 57.4 Å². The van der Waals surface area contributed by atoms with E-state index in [1.807, 2.05) is 60.7 Å². The minimum Gasteiger partial charge on any atom is -0.309 e. The zero-order valence-electron chi connectivity index (χ0n) is 35.8. The molecule has 2 heterocycles. The van der Waals surface area contributed by atoms with E-state index < -0.39 is 11.7 Å². The number of para-hydroxylation sites is 2. The first-order chi connectivity index (χ1) is 32.1. The molecular formula is C59H37F3N4. The van der Waals surface area contributed by atoms with Crippen LogP contribution in [0.25, 0.3) is 99.5 Å². The van der Waals surface area contributed by atoms with Gasteiger partial charge in [-0.05, 0) is 120 Å². The number of benzene rings is 9. The van der Waals surface area contributed by atoms with Crippen LogP contribution in [-0.2, 0) is 6.18 Å². The summed E-state index contributed by atoms with van der Waals surface area (Å²) in [5.74, 6) is 0. The molecule has 0 saturated carbocycles. The summed E-state index contributed by atoms with van der Waals surface area (Å²) in [4.78, 5) is 0. The number of hydrogen-bond acceptors (Lipinski definition) is 2. The molecule has 7 heteroatoms. The number of fused-ring (bicyclic) bond motifs is 6. The lowest BCUT2D eigenvalue weighted by atomic mass is 9.92.